The van der Waals surface area contributed by atoms with Gasteiger partial charge in [-0.2, -0.15) is 0 Å². The van der Waals surface area contributed by atoms with Crippen molar-refractivity contribution < 1.29 is 4.79 Å². The molecule has 2 N–H and O–H groups in total. The van der Waals surface area contributed by atoms with E-state index >= 15 is 0 Å². The number of halogens is 1. The van der Waals surface area contributed by atoms with Gasteiger partial charge in [-0.15, -0.1) is 0 Å². The van der Waals surface area contributed by atoms with Gasteiger partial charge >= 0.3 is 0 Å². The summed E-state index contributed by atoms with van der Waals surface area (Å²) in [6, 6.07) is 7.19. The van der Waals surface area contributed by atoms with Crippen molar-refractivity contribution in [1.82, 2.24) is 19.9 Å². The van der Waals surface area contributed by atoms with Gasteiger partial charge in [-0.05, 0) is 31.0 Å². The van der Waals surface area contributed by atoms with Crippen LogP contribution < -0.4 is 10.2 Å². The smallest absolute Gasteiger partial charge is 0.229 e. The molecular weight excluding hydrogens is 340 g/mol. The maximum Gasteiger partial charge on any atom is 0.229 e. The number of H-pyrrole nitrogens is 1. The highest BCUT2D eigenvalue weighted by atomic mass is 35.5. The molecule has 1 aliphatic rings. The van der Waals surface area contributed by atoms with Crippen molar-refractivity contribution >= 4 is 40.2 Å². The molecule has 3 heterocycles. The Morgan fingerprint density at radius 1 is 1.32 bits per heavy atom. The number of benzene rings is 1. The minimum absolute atomic E-state index is 0.00174. The van der Waals surface area contributed by atoms with Crippen LogP contribution in [0.4, 0.5) is 11.5 Å². The second-order valence-corrected chi connectivity index (χ2v) is 6.52. The van der Waals surface area contributed by atoms with Crippen molar-refractivity contribution in [2.45, 2.75) is 12.8 Å². The SMILES string of the molecule is O=C(Nc1cccc(Cl)c1)[C@H]1CCCN(c2ncnc3nc[nH]c23)C1. The summed E-state index contributed by atoms with van der Waals surface area (Å²) in [6.45, 7) is 1.46. The molecule has 0 saturated carbocycles. The zero-order valence-corrected chi connectivity index (χ0v) is 14.2. The van der Waals surface area contributed by atoms with Crippen molar-refractivity contribution in [2.24, 2.45) is 5.92 Å². The largest absolute Gasteiger partial charge is 0.354 e. The van der Waals surface area contributed by atoms with Gasteiger partial charge < -0.3 is 15.2 Å². The predicted octanol–water partition coefficient (Wildman–Crippen LogP) is 2.86. The van der Waals surface area contributed by atoms with E-state index in [4.69, 9.17) is 11.6 Å². The number of amides is 1. The van der Waals surface area contributed by atoms with E-state index in [-0.39, 0.29) is 11.8 Å². The van der Waals surface area contributed by atoms with Crippen LogP contribution in [-0.4, -0.2) is 38.9 Å². The molecule has 0 radical (unpaired) electrons. The van der Waals surface area contributed by atoms with E-state index < -0.39 is 0 Å². The number of hydrogen-bond donors (Lipinski definition) is 2. The molecule has 25 heavy (non-hydrogen) atoms. The number of aromatic nitrogens is 4. The summed E-state index contributed by atoms with van der Waals surface area (Å²) in [7, 11) is 0. The maximum absolute atomic E-state index is 12.6. The number of imidazole rings is 1. The fourth-order valence-corrected chi connectivity index (χ4v) is 3.38. The molecule has 1 aromatic carbocycles. The minimum atomic E-state index is -0.110. The lowest BCUT2D eigenvalue weighted by Gasteiger charge is -2.32. The van der Waals surface area contributed by atoms with Crippen LogP contribution in [0.15, 0.2) is 36.9 Å². The number of carbonyl (C=O) groups excluding carboxylic acids is 1. The molecule has 8 heteroatoms. The average Bonchev–Trinajstić information content (AvgIpc) is 3.10. The van der Waals surface area contributed by atoms with Gasteiger partial charge in [-0.3, -0.25) is 4.79 Å². The highest BCUT2D eigenvalue weighted by molar-refractivity contribution is 6.30. The normalized spacial score (nSPS) is 17.6. The zero-order valence-electron chi connectivity index (χ0n) is 13.4. The highest BCUT2D eigenvalue weighted by Crippen LogP contribution is 2.26. The van der Waals surface area contributed by atoms with Crippen LogP contribution >= 0.6 is 11.6 Å². The molecule has 1 atom stereocenters. The third-order valence-electron chi connectivity index (χ3n) is 4.39. The number of piperidine rings is 1. The Morgan fingerprint density at radius 2 is 2.24 bits per heavy atom. The third-order valence-corrected chi connectivity index (χ3v) is 4.62. The summed E-state index contributed by atoms with van der Waals surface area (Å²) in [5.41, 5.74) is 2.15. The van der Waals surface area contributed by atoms with Gasteiger partial charge in [0.25, 0.3) is 0 Å². The number of aromatic amines is 1. The van der Waals surface area contributed by atoms with Gasteiger partial charge in [0, 0.05) is 23.8 Å². The first-order chi connectivity index (χ1) is 12.2. The molecule has 0 aliphatic carbocycles. The first-order valence-electron chi connectivity index (χ1n) is 8.16. The molecule has 0 spiro atoms. The predicted molar refractivity (Wildman–Crippen MR) is 96.7 cm³/mol. The fourth-order valence-electron chi connectivity index (χ4n) is 3.19. The molecule has 1 amide bonds. The Kier molecular flexibility index (Phi) is 4.23. The highest BCUT2D eigenvalue weighted by Gasteiger charge is 2.28. The lowest BCUT2D eigenvalue weighted by Crippen LogP contribution is -2.41. The second-order valence-electron chi connectivity index (χ2n) is 6.08. The molecule has 7 nitrogen and oxygen atoms in total. The Balaban J connectivity index is 1.51. The summed E-state index contributed by atoms with van der Waals surface area (Å²) < 4.78 is 0. The van der Waals surface area contributed by atoms with Crippen molar-refractivity contribution in [1.29, 1.82) is 0 Å². The Bertz CT molecular complexity index is 911. The van der Waals surface area contributed by atoms with Crippen LogP contribution in [0.2, 0.25) is 5.02 Å². The number of anilines is 2. The topological polar surface area (TPSA) is 86.8 Å². The van der Waals surface area contributed by atoms with E-state index in [1.165, 1.54) is 6.33 Å². The van der Waals surface area contributed by atoms with Gasteiger partial charge in [0.2, 0.25) is 5.91 Å². The van der Waals surface area contributed by atoms with Crippen molar-refractivity contribution in [2.75, 3.05) is 23.3 Å². The van der Waals surface area contributed by atoms with Gasteiger partial charge in [0.05, 0.1) is 12.2 Å². The number of nitrogens with zero attached hydrogens (tertiary/aromatic N) is 4. The van der Waals surface area contributed by atoms with E-state index in [1.807, 2.05) is 12.1 Å². The van der Waals surface area contributed by atoms with Crippen molar-refractivity contribution in [3.63, 3.8) is 0 Å². The standard InChI is InChI=1S/C17H17ClN6O/c18-12-4-1-5-13(7-12)23-17(25)11-3-2-6-24(8-11)16-14-15(20-9-19-14)21-10-22-16/h1,4-5,7,9-11H,2-3,6,8H2,(H,23,25)(H,19,20,21,22)/t11-/m0/s1. The number of carbonyl (C=O) groups is 1. The number of fused-ring (bicyclic) bond motifs is 1. The number of hydrogen-bond acceptors (Lipinski definition) is 5. The van der Waals surface area contributed by atoms with E-state index in [0.717, 1.165) is 30.7 Å². The van der Waals surface area contributed by atoms with E-state index in [9.17, 15) is 4.79 Å². The third kappa shape index (κ3) is 3.28. The quantitative estimate of drug-likeness (QED) is 0.753. The summed E-state index contributed by atoms with van der Waals surface area (Å²) in [4.78, 5) is 30.5. The summed E-state index contributed by atoms with van der Waals surface area (Å²) >= 11 is 5.98. The van der Waals surface area contributed by atoms with Crippen LogP contribution in [0.1, 0.15) is 12.8 Å². The molecule has 1 aliphatic heterocycles. The molecule has 0 unspecified atom stereocenters. The molecule has 1 saturated heterocycles. The summed E-state index contributed by atoms with van der Waals surface area (Å²) in [5.74, 6) is 0.685. The van der Waals surface area contributed by atoms with E-state index in [2.05, 4.69) is 30.2 Å². The molecular formula is C17H17ClN6O. The zero-order chi connectivity index (χ0) is 17.2. The Labute approximate surface area is 149 Å². The maximum atomic E-state index is 12.6. The number of nitrogens with one attached hydrogen (secondary N) is 2. The van der Waals surface area contributed by atoms with Crippen LogP contribution in [0.25, 0.3) is 11.2 Å². The van der Waals surface area contributed by atoms with Gasteiger partial charge in [0.15, 0.2) is 11.5 Å². The lowest BCUT2D eigenvalue weighted by molar-refractivity contribution is -0.120. The van der Waals surface area contributed by atoms with Crippen LogP contribution in [0.3, 0.4) is 0 Å². The summed E-state index contributed by atoms with van der Waals surface area (Å²) in [6.07, 6.45) is 4.89. The first kappa shape index (κ1) is 15.8. The van der Waals surface area contributed by atoms with Gasteiger partial charge in [-0.1, -0.05) is 17.7 Å². The fraction of sp³-hybridized carbons (Fsp3) is 0.294. The van der Waals surface area contributed by atoms with Crippen LogP contribution in [0.5, 0.6) is 0 Å². The summed E-state index contributed by atoms with van der Waals surface area (Å²) in [5, 5.41) is 3.56. The average molecular weight is 357 g/mol. The van der Waals surface area contributed by atoms with Crippen molar-refractivity contribution in [3.8, 4) is 0 Å². The molecule has 128 valence electrons. The van der Waals surface area contributed by atoms with Crippen LogP contribution in [0, 0.1) is 5.92 Å². The monoisotopic (exact) mass is 356 g/mol. The first-order valence-corrected chi connectivity index (χ1v) is 8.54. The second kappa shape index (κ2) is 6.68. The van der Waals surface area contributed by atoms with Gasteiger partial charge in [0.1, 0.15) is 11.8 Å². The molecule has 0 bridgehead atoms. The van der Waals surface area contributed by atoms with Crippen LogP contribution in [-0.2, 0) is 4.79 Å². The Hall–Kier alpha value is -2.67. The molecule has 2 aromatic heterocycles. The Morgan fingerprint density at radius 3 is 3.12 bits per heavy atom. The molecule has 3 aromatic rings. The minimum Gasteiger partial charge on any atom is -0.354 e. The van der Waals surface area contributed by atoms with E-state index in [1.54, 1.807) is 18.5 Å². The van der Waals surface area contributed by atoms with Gasteiger partial charge in [-0.25, -0.2) is 15.0 Å². The molecule has 1 fully saturated rings. The molecule has 4 rings (SSSR count). The van der Waals surface area contributed by atoms with E-state index in [0.29, 0.717) is 22.9 Å². The lowest BCUT2D eigenvalue weighted by atomic mass is 9.97. The van der Waals surface area contributed by atoms with Crippen molar-refractivity contribution in [3.05, 3.63) is 41.9 Å². The number of rotatable bonds is 3.